The third kappa shape index (κ3) is 3.56. The van der Waals surface area contributed by atoms with Crippen molar-refractivity contribution < 1.29 is 14.8 Å². The Bertz CT molecular complexity index is 369. The van der Waals surface area contributed by atoms with Crippen LogP contribution in [0.3, 0.4) is 0 Å². The molecule has 98 valence electrons. The van der Waals surface area contributed by atoms with Gasteiger partial charge >= 0.3 is 7.12 Å². The van der Waals surface area contributed by atoms with Crippen LogP contribution in [-0.2, 0) is 11.3 Å². The SMILES string of the molecule is CCC1CN(Cc2ccc(B(O)O)cc2)CCO1. The van der Waals surface area contributed by atoms with Crippen LogP contribution in [0.5, 0.6) is 0 Å². The standard InChI is InChI=1S/C13H20BNO3/c1-2-13-10-15(7-8-18-13)9-11-3-5-12(6-4-11)14(16)17/h3-6,13,16-17H,2,7-10H2,1H3. The van der Waals surface area contributed by atoms with Gasteiger partial charge in [-0.15, -0.1) is 0 Å². The lowest BCUT2D eigenvalue weighted by molar-refractivity contribution is -0.0324. The molecular formula is C13H20BNO3. The van der Waals surface area contributed by atoms with Crippen LogP contribution in [0, 0.1) is 0 Å². The van der Waals surface area contributed by atoms with Crippen LogP contribution in [0.2, 0.25) is 0 Å². The molecule has 0 saturated carbocycles. The summed E-state index contributed by atoms with van der Waals surface area (Å²) < 4.78 is 5.64. The van der Waals surface area contributed by atoms with Gasteiger partial charge in [-0.3, -0.25) is 4.90 Å². The fraction of sp³-hybridized carbons (Fsp3) is 0.538. The molecule has 1 saturated heterocycles. The lowest BCUT2D eigenvalue weighted by Crippen LogP contribution is -2.41. The average molecular weight is 249 g/mol. The Balaban J connectivity index is 1.92. The first-order valence-corrected chi connectivity index (χ1v) is 6.48. The Morgan fingerprint density at radius 1 is 1.33 bits per heavy atom. The zero-order chi connectivity index (χ0) is 13.0. The van der Waals surface area contributed by atoms with Crippen LogP contribution in [-0.4, -0.2) is 47.9 Å². The summed E-state index contributed by atoms with van der Waals surface area (Å²) in [4.78, 5) is 2.38. The second-order valence-corrected chi connectivity index (χ2v) is 4.75. The van der Waals surface area contributed by atoms with E-state index in [1.807, 2.05) is 12.1 Å². The molecule has 1 unspecified atom stereocenters. The molecule has 0 aromatic heterocycles. The highest BCUT2D eigenvalue weighted by Gasteiger charge is 2.19. The molecule has 0 spiro atoms. The zero-order valence-electron chi connectivity index (χ0n) is 10.7. The van der Waals surface area contributed by atoms with Gasteiger partial charge in [0.15, 0.2) is 0 Å². The predicted octanol–water partition coefficient (Wildman–Crippen LogP) is -0.0228. The van der Waals surface area contributed by atoms with Crippen molar-refractivity contribution in [3.8, 4) is 0 Å². The minimum atomic E-state index is -1.38. The number of nitrogens with zero attached hydrogens (tertiary/aromatic N) is 1. The largest absolute Gasteiger partial charge is 0.488 e. The monoisotopic (exact) mass is 249 g/mol. The summed E-state index contributed by atoms with van der Waals surface area (Å²) in [6.07, 6.45) is 1.39. The van der Waals surface area contributed by atoms with E-state index in [2.05, 4.69) is 11.8 Å². The van der Waals surface area contributed by atoms with Gasteiger partial charge in [0.1, 0.15) is 0 Å². The summed E-state index contributed by atoms with van der Waals surface area (Å²) >= 11 is 0. The van der Waals surface area contributed by atoms with Crippen molar-refractivity contribution in [1.29, 1.82) is 0 Å². The molecule has 1 aromatic rings. The quantitative estimate of drug-likeness (QED) is 0.736. The molecule has 5 heteroatoms. The Morgan fingerprint density at radius 3 is 2.67 bits per heavy atom. The molecule has 0 aliphatic carbocycles. The second-order valence-electron chi connectivity index (χ2n) is 4.75. The zero-order valence-corrected chi connectivity index (χ0v) is 10.7. The molecular weight excluding hydrogens is 229 g/mol. The normalized spacial score (nSPS) is 20.9. The van der Waals surface area contributed by atoms with Gasteiger partial charge in [0.05, 0.1) is 12.7 Å². The number of hydrogen-bond acceptors (Lipinski definition) is 4. The van der Waals surface area contributed by atoms with E-state index in [1.54, 1.807) is 12.1 Å². The van der Waals surface area contributed by atoms with Crippen LogP contribution < -0.4 is 5.46 Å². The number of rotatable bonds is 4. The molecule has 0 bridgehead atoms. The van der Waals surface area contributed by atoms with Crippen molar-refractivity contribution in [2.24, 2.45) is 0 Å². The molecule has 2 rings (SSSR count). The fourth-order valence-electron chi connectivity index (χ4n) is 2.22. The van der Waals surface area contributed by atoms with Crippen molar-refractivity contribution in [2.45, 2.75) is 26.0 Å². The van der Waals surface area contributed by atoms with E-state index in [-0.39, 0.29) is 0 Å². The minimum absolute atomic E-state index is 0.345. The average Bonchev–Trinajstić information content (AvgIpc) is 2.39. The van der Waals surface area contributed by atoms with Gasteiger partial charge in [-0.25, -0.2) is 0 Å². The maximum Gasteiger partial charge on any atom is 0.488 e. The molecule has 1 heterocycles. The Hall–Kier alpha value is -0.875. The summed E-state index contributed by atoms with van der Waals surface area (Å²) in [7, 11) is -1.38. The number of ether oxygens (including phenoxy) is 1. The number of hydrogen-bond donors (Lipinski definition) is 2. The van der Waals surface area contributed by atoms with Crippen LogP contribution in [0.1, 0.15) is 18.9 Å². The first-order valence-electron chi connectivity index (χ1n) is 6.48. The molecule has 2 N–H and O–H groups in total. The van der Waals surface area contributed by atoms with E-state index in [0.29, 0.717) is 11.6 Å². The van der Waals surface area contributed by atoms with E-state index >= 15 is 0 Å². The van der Waals surface area contributed by atoms with Crippen molar-refractivity contribution >= 4 is 12.6 Å². The van der Waals surface area contributed by atoms with Gasteiger partial charge < -0.3 is 14.8 Å². The van der Waals surface area contributed by atoms with Gasteiger partial charge in [-0.05, 0) is 17.4 Å². The molecule has 1 aliphatic rings. The fourth-order valence-corrected chi connectivity index (χ4v) is 2.22. The van der Waals surface area contributed by atoms with Gasteiger partial charge in [-0.2, -0.15) is 0 Å². The maximum atomic E-state index is 9.03. The van der Waals surface area contributed by atoms with Crippen molar-refractivity contribution in [3.05, 3.63) is 29.8 Å². The summed E-state index contributed by atoms with van der Waals surface area (Å²) in [5.41, 5.74) is 1.73. The highest BCUT2D eigenvalue weighted by molar-refractivity contribution is 6.58. The smallest absolute Gasteiger partial charge is 0.423 e. The number of benzene rings is 1. The predicted molar refractivity (Wildman–Crippen MR) is 71.6 cm³/mol. The highest BCUT2D eigenvalue weighted by Crippen LogP contribution is 2.11. The van der Waals surface area contributed by atoms with Crippen molar-refractivity contribution in [3.63, 3.8) is 0 Å². The molecule has 4 nitrogen and oxygen atoms in total. The van der Waals surface area contributed by atoms with Crippen LogP contribution >= 0.6 is 0 Å². The summed E-state index contributed by atoms with van der Waals surface area (Å²) in [6, 6.07) is 7.42. The second kappa shape index (κ2) is 6.34. The maximum absolute atomic E-state index is 9.03. The van der Waals surface area contributed by atoms with Gasteiger partial charge in [0, 0.05) is 19.6 Å². The lowest BCUT2D eigenvalue weighted by Gasteiger charge is -2.32. The van der Waals surface area contributed by atoms with E-state index in [1.165, 1.54) is 5.56 Å². The van der Waals surface area contributed by atoms with Crippen LogP contribution in [0.25, 0.3) is 0 Å². The topological polar surface area (TPSA) is 52.9 Å². The molecule has 1 fully saturated rings. The Morgan fingerprint density at radius 2 is 2.06 bits per heavy atom. The molecule has 0 amide bonds. The van der Waals surface area contributed by atoms with E-state index in [9.17, 15) is 0 Å². The first kappa shape index (κ1) is 13.6. The first-order chi connectivity index (χ1) is 8.69. The van der Waals surface area contributed by atoms with Crippen LogP contribution in [0.15, 0.2) is 24.3 Å². The Kier molecular flexibility index (Phi) is 4.77. The van der Waals surface area contributed by atoms with Gasteiger partial charge in [-0.1, -0.05) is 31.2 Å². The van der Waals surface area contributed by atoms with Gasteiger partial charge in [0.2, 0.25) is 0 Å². The summed E-state index contributed by atoms with van der Waals surface area (Å²) in [5.74, 6) is 0. The molecule has 1 aromatic carbocycles. The third-order valence-electron chi connectivity index (χ3n) is 3.36. The molecule has 1 aliphatic heterocycles. The van der Waals surface area contributed by atoms with E-state index in [4.69, 9.17) is 14.8 Å². The van der Waals surface area contributed by atoms with Crippen molar-refractivity contribution in [2.75, 3.05) is 19.7 Å². The number of morpholine rings is 1. The summed E-state index contributed by atoms with van der Waals surface area (Å²) in [5, 5.41) is 18.1. The molecule has 18 heavy (non-hydrogen) atoms. The Labute approximate surface area is 108 Å². The minimum Gasteiger partial charge on any atom is -0.423 e. The molecule has 0 radical (unpaired) electrons. The summed E-state index contributed by atoms with van der Waals surface area (Å²) in [6.45, 7) is 5.76. The molecule has 1 atom stereocenters. The lowest BCUT2D eigenvalue weighted by atomic mass is 9.80. The highest BCUT2D eigenvalue weighted by atomic mass is 16.5. The van der Waals surface area contributed by atoms with E-state index < -0.39 is 7.12 Å². The van der Waals surface area contributed by atoms with Crippen LogP contribution in [0.4, 0.5) is 0 Å². The third-order valence-corrected chi connectivity index (χ3v) is 3.36. The van der Waals surface area contributed by atoms with Crippen molar-refractivity contribution in [1.82, 2.24) is 4.90 Å². The van der Waals surface area contributed by atoms with E-state index in [0.717, 1.165) is 32.7 Å². The van der Waals surface area contributed by atoms with Gasteiger partial charge in [0.25, 0.3) is 0 Å².